The van der Waals surface area contributed by atoms with Crippen LogP contribution in [0.4, 0.5) is 8.78 Å². The fraction of sp³-hybridized carbons (Fsp3) is 0.684. The van der Waals surface area contributed by atoms with Gasteiger partial charge in [-0.05, 0) is 63.8 Å². The quantitative estimate of drug-likeness (QED) is 0.866. The smallest absolute Gasteiger partial charge is 0.159 e. The second-order valence-corrected chi connectivity index (χ2v) is 8.05. The summed E-state index contributed by atoms with van der Waals surface area (Å²) in [7, 11) is 0. The molecule has 1 aliphatic carbocycles. The third-order valence-corrected chi connectivity index (χ3v) is 6.03. The first kappa shape index (κ1) is 17.8. The number of halogens is 2. The van der Waals surface area contributed by atoms with E-state index >= 15 is 0 Å². The minimum Gasteiger partial charge on any atom is -0.392 e. The van der Waals surface area contributed by atoms with Crippen LogP contribution in [-0.2, 0) is 0 Å². The van der Waals surface area contributed by atoms with Gasteiger partial charge in [0.1, 0.15) is 0 Å². The Morgan fingerprint density at radius 3 is 2.54 bits per heavy atom. The first-order chi connectivity index (χ1) is 11.2. The Bertz CT molecular complexity index is 601. The van der Waals surface area contributed by atoms with E-state index < -0.39 is 23.3 Å². The van der Waals surface area contributed by atoms with Crippen LogP contribution in [0.5, 0.6) is 0 Å². The van der Waals surface area contributed by atoms with E-state index in [-0.39, 0.29) is 11.5 Å². The number of nitrogens with zero attached hydrogens (tertiary/aromatic N) is 1. The van der Waals surface area contributed by atoms with E-state index in [1.807, 2.05) is 0 Å². The molecule has 2 unspecified atom stereocenters. The van der Waals surface area contributed by atoms with Gasteiger partial charge in [0.15, 0.2) is 11.6 Å². The van der Waals surface area contributed by atoms with Gasteiger partial charge in [0.25, 0.3) is 0 Å². The van der Waals surface area contributed by atoms with Crippen molar-refractivity contribution in [2.45, 2.75) is 69.1 Å². The van der Waals surface area contributed by atoms with Crippen LogP contribution >= 0.6 is 0 Å². The molecular formula is C19H27F2NO2. The molecule has 2 N–H and O–H groups in total. The molecule has 2 aliphatic rings. The van der Waals surface area contributed by atoms with Gasteiger partial charge in [-0.25, -0.2) is 8.78 Å². The average Bonchev–Trinajstić information content (AvgIpc) is 2.75. The molecule has 2 fully saturated rings. The monoisotopic (exact) mass is 339 g/mol. The van der Waals surface area contributed by atoms with Crippen LogP contribution in [0.1, 0.15) is 57.4 Å². The van der Waals surface area contributed by atoms with Gasteiger partial charge in [0.05, 0.1) is 11.7 Å². The first-order valence-corrected chi connectivity index (χ1v) is 8.82. The number of rotatable bonds is 5. The fourth-order valence-electron chi connectivity index (χ4n) is 4.32. The summed E-state index contributed by atoms with van der Waals surface area (Å²) in [6.07, 6.45) is 3.25. The zero-order valence-corrected chi connectivity index (χ0v) is 14.4. The minimum absolute atomic E-state index is 0.0894. The standard InChI is InChI=1S/C19H27F2NO2/c1-18(2)15(13-4-5-16(20)17(21)10-13)6-9-22(18)12-14(23)11-19(24)7-3-8-19/h4-5,10,14-15,23-24H,3,6-9,11-12H2,1-2H3. The molecule has 3 rings (SSSR count). The topological polar surface area (TPSA) is 43.7 Å². The lowest BCUT2D eigenvalue weighted by molar-refractivity contribution is -0.0755. The Kier molecular flexibility index (Phi) is 4.71. The van der Waals surface area contributed by atoms with Crippen molar-refractivity contribution >= 4 is 0 Å². The van der Waals surface area contributed by atoms with Crippen molar-refractivity contribution in [2.75, 3.05) is 13.1 Å². The highest BCUT2D eigenvalue weighted by Gasteiger charge is 2.44. The maximum absolute atomic E-state index is 13.6. The van der Waals surface area contributed by atoms with Crippen LogP contribution in [0, 0.1) is 11.6 Å². The fourth-order valence-corrected chi connectivity index (χ4v) is 4.32. The number of aliphatic hydroxyl groups excluding tert-OH is 1. The highest BCUT2D eigenvalue weighted by Crippen LogP contribution is 2.43. The van der Waals surface area contributed by atoms with Gasteiger partial charge >= 0.3 is 0 Å². The third-order valence-electron chi connectivity index (χ3n) is 6.03. The second-order valence-electron chi connectivity index (χ2n) is 8.05. The van der Waals surface area contributed by atoms with E-state index in [0.29, 0.717) is 13.0 Å². The SMILES string of the molecule is CC1(C)C(c2ccc(F)c(F)c2)CCN1CC(O)CC1(O)CCC1. The van der Waals surface area contributed by atoms with Gasteiger partial charge in [-0.3, -0.25) is 4.90 Å². The van der Waals surface area contributed by atoms with E-state index in [1.54, 1.807) is 6.07 Å². The van der Waals surface area contributed by atoms with E-state index in [4.69, 9.17) is 0 Å². The predicted octanol–water partition coefficient (Wildman–Crippen LogP) is 3.20. The molecule has 1 aromatic rings. The van der Waals surface area contributed by atoms with Gasteiger partial charge in [0.2, 0.25) is 0 Å². The number of β-amino-alcohol motifs (C(OH)–C–C–N with tert-alkyl or cyclic N) is 1. The molecule has 2 atom stereocenters. The van der Waals surface area contributed by atoms with Gasteiger partial charge in [-0.1, -0.05) is 6.07 Å². The van der Waals surface area contributed by atoms with Crippen molar-refractivity contribution in [3.8, 4) is 0 Å². The molecule has 1 heterocycles. The van der Waals surface area contributed by atoms with Crippen molar-refractivity contribution in [2.24, 2.45) is 0 Å². The molecule has 5 heteroatoms. The normalized spacial score (nSPS) is 27.0. The lowest BCUT2D eigenvalue weighted by Crippen LogP contribution is -2.48. The zero-order valence-electron chi connectivity index (χ0n) is 14.4. The van der Waals surface area contributed by atoms with Gasteiger partial charge < -0.3 is 10.2 Å². The molecule has 0 amide bonds. The van der Waals surface area contributed by atoms with Crippen LogP contribution in [0.15, 0.2) is 18.2 Å². The van der Waals surface area contributed by atoms with Crippen molar-refractivity contribution in [3.05, 3.63) is 35.4 Å². The summed E-state index contributed by atoms with van der Waals surface area (Å²) in [6.45, 7) is 5.45. The van der Waals surface area contributed by atoms with Crippen molar-refractivity contribution in [1.29, 1.82) is 0 Å². The van der Waals surface area contributed by atoms with Crippen LogP contribution in [-0.4, -0.2) is 45.4 Å². The van der Waals surface area contributed by atoms with E-state index in [9.17, 15) is 19.0 Å². The van der Waals surface area contributed by atoms with E-state index in [1.165, 1.54) is 12.1 Å². The Morgan fingerprint density at radius 1 is 1.25 bits per heavy atom. The number of hydrogen-bond acceptors (Lipinski definition) is 3. The number of likely N-dealkylation sites (tertiary alicyclic amines) is 1. The molecule has 1 saturated carbocycles. The molecule has 24 heavy (non-hydrogen) atoms. The molecule has 1 aromatic carbocycles. The summed E-state index contributed by atoms with van der Waals surface area (Å²) in [5.41, 5.74) is -0.149. The summed E-state index contributed by atoms with van der Waals surface area (Å²) >= 11 is 0. The zero-order chi connectivity index (χ0) is 17.5. The Hall–Kier alpha value is -1.04. The molecular weight excluding hydrogens is 312 g/mol. The molecule has 0 radical (unpaired) electrons. The highest BCUT2D eigenvalue weighted by molar-refractivity contribution is 5.27. The molecule has 0 spiro atoms. The lowest BCUT2D eigenvalue weighted by atomic mass is 9.76. The van der Waals surface area contributed by atoms with Crippen molar-refractivity contribution < 1.29 is 19.0 Å². The van der Waals surface area contributed by atoms with Crippen molar-refractivity contribution in [3.63, 3.8) is 0 Å². The molecule has 0 bridgehead atoms. The van der Waals surface area contributed by atoms with E-state index in [2.05, 4.69) is 18.7 Å². The minimum atomic E-state index is -0.824. The van der Waals surface area contributed by atoms with Gasteiger partial charge in [0, 0.05) is 24.4 Å². The van der Waals surface area contributed by atoms with Gasteiger partial charge in [-0.2, -0.15) is 0 Å². The Morgan fingerprint density at radius 2 is 1.96 bits per heavy atom. The maximum Gasteiger partial charge on any atom is 0.159 e. The summed E-state index contributed by atoms with van der Waals surface area (Å²) in [5, 5.41) is 20.6. The molecule has 1 aliphatic heterocycles. The predicted molar refractivity (Wildman–Crippen MR) is 88.8 cm³/mol. The van der Waals surface area contributed by atoms with Crippen LogP contribution in [0.25, 0.3) is 0 Å². The number of hydrogen-bond donors (Lipinski definition) is 2. The third kappa shape index (κ3) is 3.35. The molecule has 0 aromatic heterocycles. The Balaban J connectivity index is 1.67. The largest absolute Gasteiger partial charge is 0.392 e. The molecule has 1 saturated heterocycles. The van der Waals surface area contributed by atoms with Crippen LogP contribution in [0.3, 0.4) is 0 Å². The lowest BCUT2D eigenvalue weighted by Gasteiger charge is -2.41. The number of aliphatic hydroxyl groups is 2. The van der Waals surface area contributed by atoms with Crippen LogP contribution < -0.4 is 0 Å². The van der Waals surface area contributed by atoms with Crippen molar-refractivity contribution in [1.82, 2.24) is 4.90 Å². The number of benzene rings is 1. The average molecular weight is 339 g/mol. The Labute approximate surface area is 142 Å². The second kappa shape index (κ2) is 6.36. The summed E-state index contributed by atoms with van der Waals surface area (Å²) in [4.78, 5) is 2.20. The van der Waals surface area contributed by atoms with E-state index in [0.717, 1.165) is 37.8 Å². The molecule has 3 nitrogen and oxygen atoms in total. The summed E-state index contributed by atoms with van der Waals surface area (Å²) < 4.78 is 26.7. The summed E-state index contributed by atoms with van der Waals surface area (Å²) in [6, 6.07) is 4.13. The molecule has 134 valence electrons. The highest BCUT2D eigenvalue weighted by atomic mass is 19.2. The summed E-state index contributed by atoms with van der Waals surface area (Å²) in [5.74, 6) is -1.55. The maximum atomic E-state index is 13.6. The van der Waals surface area contributed by atoms with Gasteiger partial charge in [-0.15, -0.1) is 0 Å². The van der Waals surface area contributed by atoms with Crippen LogP contribution in [0.2, 0.25) is 0 Å². The first-order valence-electron chi connectivity index (χ1n) is 8.82.